The van der Waals surface area contributed by atoms with Gasteiger partial charge in [0.1, 0.15) is 0 Å². The minimum Gasteiger partial charge on any atom is -0.870 e. The molecule has 4 aromatic carbocycles. The van der Waals surface area contributed by atoms with Gasteiger partial charge in [0, 0.05) is 20.2 Å². The largest absolute Gasteiger partial charge is 1.00 e. The molecule has 1 atom stereocenters. The summed E-state index contributed by atoms with van der Waals surface area (Å²) < 4.78 is 13.0. The fourth-order valence-electron chi connectivity index (χ4n) is 8.13. The molecule has 0 saturated carbocycles. The Kier molecular flexibility index (Phi) is 15.4. The smallest absolute Gasteiger partial charge is 0.870 e. The van der Waals surface area contributed by atoms with Crippen LogP contribution in [0.5, 0.6) is 0 Å². The molecular weight excluding hydrogens is 844 g/mol. The van der Waals surface area contributed by atoms with Crippen LogP contribution in [-0.2, 0) is 37.0 Å². The number of ether oxygens (including phenoxy) is 1. The second-order valence-electron chi connectivity index (χ2n) is 14.8. The maximum absolute atomic E-state index is 13.5. The number of aryl methyl sites for hydroxylation is 2. The van der Waals surface area contributed by atoms with Gasteiger partial charge < -0.3 is 25.5 Å². The Hall–Kier alpha value is -6.22. The number of hydrogen-bond donors (Lipinski definition) is 3. The van der Waals surface area contributed by atoms with Crippen molar-refractivity contribution in [1.82, 2.24) is 18.3 Å². The second-order valence-corrected chi connectivity index (χ2v) is 16.6. The molecule has 63 heavy (non-hydrogen) atoms. The van der Waals surface area contributed by atoms with E-state index in [9.17, 15) is 44.1 Å². The Morgan fingerprint density at radius 3 is 1.30 bits per heavy atom. The van der Waals surface area contributed by atoms with Gasteiger partial charge in [-0.25, -0.2) is 9.59 Å². The number of hydrogen-bond acceptors (Lipinski definition) is 10. The molecule has 0 bridgehead atoms. The predicted molar refractivity (Wildman–Crippen MR) is 237 cm³/mol. The van der Waals surface area contributed by atoms with Crippen LogP contribution >= 0.6 is 22.7 Å². The molecule has 8 aromatic rings. The van der Waals surface area contributed by atoms with Crippen molar-refractivity contribution in [2.75, 3.05) is 7.11 Å². The average Bonchev–Trinajstić information content (AvgIpc) is 3.97. The minimum atomic E-state index is -1.15. The van der Waals surface area contributed by atoms with Crippen molar-refractivity contribution in [2.45, 2.75) is 64.7 Å². The number of fused-ring (bicyclic) bond motifs is 4. The van der Waals surface area contributed by atoms with Crippen LogP contribution in [-0.4, -0.2) is 70.1 Å². The maximum atomic E-state index is 13.5. The molecule has 8 rings (SSSR count). The number of aromatic nitrogens is 4. The van der Waals surface area contributed by atoms with E-state index in [2.05, 4.69) is 11.4 Å². The van der Waals surface area contributed by atoms with Crippen LogP contribution in [0.2, 0.25) is 0 Å². The molecule has 0 aliphatic carbocycles. The quantitative estimate of drug-likeness (QED) is 0.101. The summed E-state index contributed by atoms with van der Waals surface area (Å²) >= 11 is 3.24. The Balaban J connectivity index is 0.000000230. The van der Waals surface area contributed by atoms with E-state index in [1.165, 1.54) is 16.2 Å². The van der Waals surface area contributed by atoms with Crippen molar-refractivity contribution in [3.63, 3.8) is 0 Å². The molecule has 4 heterocycles. The topological polar surface area (TPSA) is 222 Å². The van der Waals surface area contributed by atoms with Crippen LogP contribution in [0.3, 0.4) is 0 Å². The minimum absolute atomic E-state index is 0. The van der Waals surface area contributed by atoms with Crippen LogP contribution in [0.15, 0.2) is 105 Å². The van der Waals surface area contributed by atoms with E-state index in [1.807, 2.05) is 67.8 Å². The molecule has 18 heteroatoms. The van der Waals surface area contributed by atoms with Crippen molar-refractivity contribution in [2.24, 2.45) is 0 Å². The number of aliphatic carboxylic acids is 3. The molecule has 15 nitrogen and oxygen atoms in total. The summed E-state index contributed by atoms with van der Waals surface area (Å²) in [6.07, 6.45) is -1.44. The van der Waals surface area contributed by atoms with Gasteiger partial charge in [0.15, 0.2) is 0 Å². The van der Waals surface area contributed by atoms with Crippen LogP contribution in [0.4, 0.5) is 0 Å². The van der Waals surface area contributed by atoms with Crippen LogP contribution < -0.4 is 30.2 Å². The number of thiophene rings is 2. The van der Waals surface area contributed by atoms with Crippen molar-refractivity contribution < 1.29 is 63.6 Å². The number of carboxylic acid groups (broad SMARTS) is 3. The van der Waals surface area contributed by atoms with E-state index in [-0.39, 0.29) is 42.9 Å². The number of carbonyl (C=O) groups is 4. The number of benzene rings is 4. The molecule has 0 aliphatic rings. The molecule has 0 amide bonds. The van der Waals surface area contributed by atoms with E-state index < -0.39 is 54.5 Å². The summed E-state index contributed by atoms with van der Waals surface area (Å²) in [5.74, 6) is -3.94. The van der Waals surface area contributed by atoms with Crippen molar-refractivity contribution in [3.05, 3.63) is 139 Å². The fourth-order valence-corrected chi connectivity index (χ4v) is 10.2. The first-order chi connectivity index (χ1) is 29.3. The monoisotopic (exact) mass is 886 g/mol. The summed E-state index contributed by atoms with van der Waals surface area (Å²) in [4.78, 5) is 73.0. The van der Waals surface area contributed by atoms with Crippen LogP contribution in [0, 0.1) is 13.8 Å². The zero-order valence-corrected chi connectivity index (χ0v) is 36.5. The Bertz CT molecular complexity index is 3090. The van der Waals surface area contributed by atoms with Gasteiger partial charge in [-0.2, -0.15) is 0 Å². The molecule has 1 unspecified atom stereocenters. The fraction of sp³-hybridized carbons (Fsp3) is 0.244. The predicted octanol–water partition coefficient (Wildman–Crippen LogP) is 4.65. The zero-order valence-electron chi connectivity index (χ0n) is 34.9. The molecule has 0 radical (unpaired) electrons. The summed E-state index contributed by atoms with van der Waals surface area (Å²) in [6.45, 7) is 4.75. The first-order valence-electron chi connectivity index (χ1n) is 19.3. The first kappa shape index (κ1) is 47.8. The van der Waals surface area contributed by atoms with E-state index >= 15 is 0 Å². The molecule has 0 spiro atoms. The number of rotatable bonds is 14. The van der Waals surface area contributed by atoms with Crippen molar-refractivity contribution >= 4 is 88.8 Å². The zero-order chi connectivity index (χ0) is 43.5. The third kappa shape index (κ3) is 9.88. The summed E-state index contributed by atoms with van der Waals surface area (Å²) in [5.41, 5.74) is 6.02. The van der Waals surface area contributed by atoms with E-state index in [0.717, 1.165) is 42.4 Å². The normalized spacial score (nSPS) is 11.6. The molecule has 4 aromatic heterocycles. The maximum Gasteiger partial charge on any atom is 1.00 e. The van der Waals surface area contributed by atoms with Gasteiger partial charge in [-0.3, -0.25) is 37.4 Å². The molecule has 0 saturated heterocycles. The molecule has 0 aliphatic heterocycles. The number of imidazole rings is 2. The Labute approximate surface area is 379 Å². The summed E-state index contributed by atoms with van der Waals surface area (Å²) in [6, 6.07) is 24.7. The number of esters is 1. The van der Waals surface area contributed by atoms with Gasteiger partial charge in [-0.1, -0.05) is 48.5 Å². The third-order valence-electron chi connectivity index (χ3n) is 10.8. The first-order valence-corrected chi connectivity index (χ1v) is 21.1. The van der Waals surface area contributed by atoms with Crippen LogP contribution in [0.25, 0.3) is 42.2 Å². The molecule has 0 fully saturated rings. The number of nitrogens with zero attached hydrogens (tertiary/aromatic N) is 4. The van der Waals surface area contributed by atoms with Gasteiger partial charge in [-0.15, -0.1) is 22.7 Å². The number of para-hydroxylation sites is 4. The number of methoxy groups -OCH3 is 1. The van der Waals surface area contributed by atoms with Crippen molar-refractivity contribution in [1.29, 1.82) is 0 Å². The standard InChI is InChI=1S/C23H22N2O5S.C22H20N2O5S.Li.H2O/c1-14-6-5-9-19-22(14)15(13-31-19)12-24-17-7-3-4-8-18(17)25(23(24)29)16(10-20(26)27)11-21(28)30-2;1-13-5-4-8-18-21(13)14(12-30-18)11-23-16-6-2-3-7-17(16)24(22(23)29)15(9-19(25)26)10-20(27)28;;/h3-9,13,16H,10-12H2,1-2H3,(H,26,27);2-8,12,15H,9-11H2,1H3,(H,25,26)(H,27,28);;1H2/q;;+1;/p-1. The second kappa shape index (κ2) is 20.3. The van der Waals surface area contributed by atoms with Crippen LogP contribution in [0.1, 0.15) is 60.0 Å². The molecular formula is C45H43LiN4O11S2. The van der Waals surface area contributed by atoms with Gasteiger partial charge in [0.2, 0.25) is 0 Å². The average molecular weight is 887 g/mol. The summed E-state index contributed by atoms with van der Waals surface area (Å²) in [7, 11) is 1.25. The molecule has 322 valence electrons. The van der Waals surface area contributed by atoms with E-state index in [0.29, 0.717) is 35.2 Å². The number of carboxylic acids is 3. The number of carbonyl (C=O) groups excluding carboxylic acids is 1. The Morgan fingerprint density at radius 1 is 0.571 bits per heavy atom. The third-order valence-corrected chi connectivity index (χ3v) is 12.7. The van der Waals surface area contributed by atoms with E-state index in [4.69, 9.17) is 4.74 Å². The van der Waals surface area contributed by atoms with Gasteiger partial charge in [-0.05, 0) is 83.3 Å². The van der Waals surface area contributed by atoms with Gasteiger partial charge >= 0.3 is 54.1 Å². The van der Waals surface area contributed by atoms with Crippen molar-refractivity contribution in [3.8, 4) is 0 Å². The molecule has 4 N–H and O–H groups in total. The van der Waals surface area contributed by atoms with Gasteiger partial charge in [0.25, 0.3) is 0 Å². The van der Waals surface area contributed by atoms with Gasteiger partial charge in [0.05, 0.1) is 80.0 Å². The summed E-state index contributed by atoms with van der Waals surface area (Å²) in [5, 5.41) is 34.3. The SMILES string of the molecule is COC(=O)CC(CC(=O)O)n1c(=O)n(Cc2csc3cccc(C)c23)c2ccccc21.Cc1cccc2scc(Cn3c(=O)n(C(CC(=O)O)CC(=O)O)c4ccccc43)c12.[Li+].[OH-]. The van der Waals surface area contributed by atoms with E-state index in [1.54, 1.807) is 62.1 Å². The Morgan fingerprint density at radius 2 is 0.937 bits per heavy atom.